The molecule has 1 rings (SSSR count). The number of carbonyl (C=O) groups is 2. The van der Waals surface area contributed by atoms with Crippen LogP contribution in [0.15, 0.2) is 24.3 Å². The molecule has 38 heavy (non-hydrogen) atoms. The van der Waals surface area contributed by atoms with Gasteiger partial charge in [-0.05, 0) is 45.4 Å². The molecule has 1 aromatic carbocycles. The molecule has 0 heterocycles. The zero-order chi connectivity index (χ0) is 28.8. The van der Waals surface area contributed by atoms with Crippen molar-refractivity contribution in [2.75, 3.05) is 59.9 Å². The lowest BCUT2D eigenvalue weighted by Crippen LogP contribution is -2.54. The first kappa shape index (κ1) is 33.6. The highest BCUT2D eigenvalue weighted by Gasteiger charge is 2.42. The number of rotatable bonds is 18. The largest absolute Gasteiger partial charge is 0.491 e. The van der Waals surface area contributed by atoms with E-state index in [1.165, 1.54) is 7.05 Å². The maximum Gasteiger partial charge on any atom is 0.410 e. The molecule has 2 atom stereocenters. The standard InChI is InChI=1S/C27H45NO10/c1-8-33-13-14-34-15-16-35-19-22(29)37-18-17-36-21-11-9-20(10-12-21)27(5,6)23(24(30)31)28(7)25(32)38-26(2,3)4/h9-12,22-23,29H,8,13-19H2,1-7H3,(H,30,31)/t22?,23-/m1/s1. The molecular formula is C27H45NO10. The average Bonchev–Trinajstić information content (AvgIpc) is 2.82. The van der Waals surface area contributed by atoms with Crippen molar-refractivity contribution in [3.05, 3.63) is 29.8 Å². The Bertz CT molecular complexity index is 822. The second-order valence-corrected chi connectivity index (χ2v) is 10.1. The van der Waals surface area contributed by atoms with E-state index in [1.807, 2.05) is 6.92 Å². The number of carbonyl (C=O) groups excluding carboxylic acids is 1. The van der Waals surface area contributed by atoms with Crippen LogP contribution < -0.4 is 4.74 Å². The van der Waals surface area contributed by atoms with E-state index in [0.29, 0.717) is 44.3 Å². The zero-order valence-corrected chi connectivity index (χ0v) is 23.7. The molecule has 0 saturated heterocycles. The van der Waals surface area contributed by atoms with E-state index >= 15 is 0 Å². The van der Waals surface area contributed by atoms with Crippen molar-refractivity contribution in [2.24, 2.45) is 0 Å². The number of aliphatic carboxylic acids is 1. The predicted molar refractivity (Wildman–Crippen MR) is 140 cm³/mol. The molecule has 11 heteroatoms. The molecule has 2 N–H and O–H groups in total. The maximum absolute atomic E-state index is 12.5. The number of likely N-dealkylation sites (N-methyl/N-ethyl adjacent to an activating group) is 1. The highest BCUT2D eigenvalue weighted by Crippen LogP contribution is 2.32. The van der Waals surface area contributed by atoms with E-state index in [9.17, 15) is 19.8 Å². The number of aliphatic hydroxyl groups is 1. The average molecular weight is 544 g/mol. The summed E-state index contributed by atoms with van der Waals surface area (Å²) < 4.78 is 32.1. The molecule has 0 aliphatic heterocycles. The topological polar surface area (TPSA) is 133 Å². The van der Waals surface area contributed by atoms with Gasteiger partial charge in [0.2, 0.25) is 0 Å². The second-order valence-electron chi connectivity index (χ2n) is 10.1. The van der Waals surface area contributed by atoms with Crippen LogP contribution in [0.25, 0.3) is 0 Å². The third-order valence-corrected chi connectivity index (χ3v) is 5.46. The predicted octanol–water partition coefficient (Wildman–Crippen LogP) is 3.07. The molecule has 218 valence electrons. The zero-order valence-electron chi connectivity index (χ0n) is 23.7. The summed E-state index contributed by atoms with van der Waals surface area (Å²) in [4.78, 5) is 25.8. The summed E-state index contributed by atoms with van der Waals surface area (Å²) in [6.45, 7) is 13.4. The van der Waals surface area contributed by atoms with Gasteiger partial charge in [0, 0.05) is 19.1 Å². The van der Waals surface area contributed by atoms with Crippen LogP contribution in [0.4, 0.5) is 4.79 Å². The highest BCUT2D eigenvalue weighted by atomic mass is 16.6. The smallest absolute Gasteiger partial charge is 0.410 e. The van der Waals surface area contributed by atoms with E-state index in [2.05, 4.69) is 0 Å². The SMILES string of the molecule is CCOCCOCCOCC(O)OCCOc1ccc(C(C)(C)[C@@H](C(=O)O)N(C)C(=O)OC(C)(C)C)cc1. The summed E-state index contributed by atoms with van der Waals surface area (Å²) in [5.74, 6) is -0.590. The van der Waals surface area contributed by atoms with Crippen LogP contribution in [-0.2, 0) is 33.9 Å². The number of benzene rings is 1. The van der Waals surface area contributed by atoms with Crippen LogP contribution in [0.2, 0.25) is 0 Å². The molecule has 0 fully saturated rings. The normalized spacial score (nSPS) is 13.6. The first-order chi connectivity index (χ1) is 17.8. The summed E-state index contributed by atoms with van der Waals surface area (Å²) in [6, 6.07) is 5.79. The Morgan fingerprint density at radius 2 is 1.47 bits per heavy atom. The van der Waals surface area contributed by atoms with Gasteiger partial charge in [-0.15, -0.1) is 0 Å². The van der Waals surface area contributed by atoms with E-state index < -0.39 is 35.4 Å². The first-order valence-corrected chi connectivity index (χ1v) is 12.7. The minimum absolute atomic E-state index is 0.0150. The van der Waals surface area contributed by atoms with Crippen molar-refractivity contribution < 1.29 is 48.2 Å². The van der Waals surface area contributed by atoms with Crippen molar-refractivity contribution in [1.82, 2.24) is 4.90 Å². The van der Waals surface area contributed by atoms with Gasteiger partial charge in [0.05, 0.1) is 39.6 Å². The minimum atomic E-state index is -1.16. The monoisotopic (exact) mass is 543 g/mol. The van der Waals surface area contributed by atoms with Crippen molar-refractivity contribution in [1.29, 1.82) is 0 Å². The van der Waals surface area contributed by atoms with Crippen LogP contribution in [-0.4, -0.2) is 105 Å². The van der Waals surface area contributed by atoms with Crippen molar-refractivity contribution in [3.63, 3.8) is 0 Å². The van der Waals surface area contributed by atoms with E-state index in [1.54, 1.807) is 58.9 Å². The van der Waals surface area contributed by atoms with Crippen molar-refractivity contribution >= 4 is 12.1 Å². The van der Waals surface area contributed by atoms with Gasteiger partial charge in [0.25, 0.3) is 0 Å². The van der Waals surface area contributed by atoms with Crippen LogP contribution in [0, 0.1) is 0 Å². The third kappa shape index (κ3) is 12.4. The number of aliphatic hydroxyl groups excluding tert-OH is 1. The van der Waals surface area contributed by atoms with Gasteiger partial charge in [0.1, 0.15) is 24.0 Å². The molecule has 0 spiro atoms. The molecule has 1 aromatic rings. The van der Waals surface area contributed by atoms with Crippen LogP contribution in [0.1, 0.15) is 47.1 Å². The number of hydrogen-bond acceptors (Lipinski definition) is 9. The van der Waals surface area contributed by atoms with Gasteiger partial charge in [-0.1, -0.05) is 26.0 Å². The molecule has 0 aromatic heterocycles. The summed E-state index contributed by atoms with van der Waals surface area (Å²) in [6.07, 6.45) is -1.79. The molecule has 11 nitrogen and oxygen atoms in total. The van der Waals surface area contributed by atoms with E-state index in [-0.39, 0.29) is 19.8 Å². The number of hydrogen-bond donors (Lipinski definition) is 2. The number of nitrogens with zero attached hydrogens (tertiary/aromatic N) is 1. The summed E-state index contributed by atoms with van der Waals surface area (Å²) in [7, 11) is 1.42. The van der Waals surface area contributed by atoms with Gasteiger partial charge >= 0.3 is 12.1 Å². The molecule has 1 amide bonds. The van der Waals surface area contributed by atoms with E-state index in [4.69, 9.17) is 28.4 Å². The molecule has 1 unspecified atom stereocenters. The van der Waals surface area contributed by atoms with Gasteiger partial charge in [-0.3, -0.25) is 4.90 Å². The van der Waals surface area contributed by atoms with E-state index in [0.717, 1.165) is 4.90 Å². The van der Waals surface area contributed by atoms with Crippen molar-refractivity contribution in [3.8, 4) is 5.75 Å². The highest BCUT2D eigenvalue weighted by molar-refractivity contribution is 5.82. The number of ether oxygens (including phenoxy) is 6. The summed E-state index contributed by atoms with van der Waals surface area (Å²) in [5, 5.41) is 19.8. The fraction of sp³-hybridized carbons (Fsp3) is 0.704. The Labute approximate surface area is 225 Å². The second kappa shape index (κ2) is 16.5. The number of carboxylic acids is 1. The fourth-order valence-electron chi connectivity index (χ4n) is 3.59. The van der Waals surface area contributed by atoms with Crippen LogP contribution >= 0.6 is 0 Å². The molecule has 0 aliphatic rings. The Balaban J connectivity index is 2.50. The lowest BCUT2D eigenvalue weighted by Gasteiger charge is -2.38. The fourth-order valence-corrected chi connectivity index (χ4v) is 3.59. The van der Waals surface area contributed by atoms with Crippen LogP contribution in [0.3, 0.4) is 0 Å². The number of amides is 1. The Morgan fingerprint density at radius 1 is 0.895 bits per heavy atom. The summed E-state index contributed by atoms with van der Waals surface area (Å²) in [5.41, 5.74) is -0.973. The first-order valence-electron chi connectivity index (χ1n) is 12.7. The van der Waals surface area contributed by atoms with Crippen molar-refractivity contribution in [2.45, 2.75) is 64.9 Å². The molecule has 0 saturated carbocycles. The van der Waals surface area contributed by atoms with Crippen LogP contribution in [0.5, 0.6) is 5.75 Å². The summed E-state index contributed by atoms with van der Waals surface area (Å²) >= 11 is 0. The van der Waals surface area contributed by atoms with Gasteiger partial charge in [-0.25, -0.2) is 9.59 Å². The number of carboxylic acid groups (broad SMARTS) is 1. The molecule has 0 bridgehead atoms. The van der Waals surface area contributed by atoms with Gasteiger partial charge < -0.3 is 38.6 Å². The van der Waals surface area contributed by atoms with Gasteiger partial charge in [-0.2, -0.15) is 0 Å². The maximum atomic E-state index is 12.5. The Hall–Kier alpha value is -2.44. The lowest BCUT2D eigenvalue weighted by molar-refractivity contribution is -0.145. The quantitative estimate of drug-likeness (QED) is 0.210. The van der Waals surface area contributed by atoms with Gasteiger partial charge in [0.15, 0.2) is 6.29 Å². The Morgan fingerprint density at radius 3 is 2.03 bits per heavy atom. The molecular weight excluding hydrogens is 498 g/mol. The minimum Gasteiger partial charge on any atom is -0.491 e. The third-order valence-electron chi connectivity index (χ3n) is 5.46. The molecule has 0 aliphatic carbocycles. The lowest BCUT2D eigenvalue weighted by atomic mass is 9.77. The Kier molecular flexibility index (Phi) is 14.6. The molecule has 0 radical (unpaired) electrons.